The summed E-state index contributed by atoms with van der Waals surface area (Å²) in [5, 5.41) is 11.6. The number of nitrogens with zero attached hydrogens (tertiary/aromatic N) is 1. The molecule has 1 amide bonds. The van der Waals surface area contributed by atoms with Crippen LogP contribution in [0, 0.1) is 0 Å². The highest BCUT2D eigenvalue weighted by Gasteiger charge is 2.12. The number of thiazole rings is 1. The number of nitrogens with one attached hydrogen (secondary N) is 1. The molecule has 0 radical (unpaired) electrons. The number of hydrogen-bond acceptors (Lipinski definition) is 4. The molecule has 0 fully saturated rings. The van der Waals surface area contributed by atoms with E-state index in [1.165, 1.54) is 35.7 Å². The van der Waals surface area contributed by atoms with Crippen LogP contribution in [0.2, 0.25) is 5.02 Å². The van der Waals surface area contributed by atoms with E-state index in [1.807, 2.05) is 0 Å². The minimum Gasteiger partial charge on any atom is -0.478 e. The number of carboxylic acid groups (broad SMARTS) is 1. The Morgan fingerprint density at radius 3 is 2.78 bits per heavy atom. The first-order chi connectivity index (χ1) is 8.58. The van der Waals surface area contributed by atoms with Crippen LogP contribution in [0.25, 0.3) is 0 Å². The minimum absolute atomic E-state index is 0.0567. The average molecular weight is 283 g/mol. The van der Waals surface area contributed by atoms with Crippen molar-refractivity contribution in [1.82, 2.24) is 4.98 Å². The molecule has 0 spiro atoms. The highest BCUT2D eigenvalue weighted by atomic mass is 35.5. The van der Waals surface area contributed by atoms with E-state index in [1.54, 1.807) is 5.51 Å². The van der Waals surface area contributed by atoms with Crippen LogP contribution in [0.15, 0.2) is 29.9 Å². The summed E-state index contributed by atoms with van der Waals surface area (Å²) in [4.78, 5) is 26.8. The van der Waals surface area contributed by atoms with Crippen molar-refractivity contribution in [2.45, 2.75) is 0 Å². The Hall–Kier alpha value is -1.92. The molecular weight excluding hydrogens is 276 g/mol. The van der Waals surface area contributed by atoms with E-state index in [9.17, 15) is 9.59 Å². The molecule has 92 valence electrons. The number of carbonyl (C=O) groups is 2. The van der Waals surface area contributed by atoms with Crippen LogP contribution in [-0.2, 0) is 0 Å². The quantitative estimate of drug-likeness (QED) is 0.907. The fourth-order valence-electron chi connectivity index (χ4n) is 1.29. The highest BCUT2D eigenvalue weighted by molar-refractivity contribution is 7.11. The van der Waals surface area contributed by atoms with Gasteiger partial charge in [0.05, 0.1) is 22.3 Å². The molecule has 2 N–H and O–H groups in total. The number of aromatic carboxylic acids is 1. The minimum atomic E-state index is -1.14. The summed E-state index contributed by atoms with van der Waals surface area (Å²) < 4.78 is 0. The maximum Gasteiger partial charge on any atom is 0.337 e. The van der Waals surface area contributed by atoms with Gasteiger partial charge in [-0.05, 0) is 18.2 Å². The average Bonchev–Trinajstić information content (AvgIpc) is 2.85. The summed E-state index contributed by atoms with van der Waals surface area (Å²) >= 11 is 6.92. The zero-order valence-corrected chi connectivity index (χ0v) is 10.5. The van der Waals surface area contributed by atoms with Gasteiger partial charge in [0.25, 0.3) is 5.91 Å². The third-order valence-corrected chi connectivity index (χ3v) is 3.21. The molecule has 0 aliphatic carbocycles. The van der Waals surface area contributed by atoms with Crippen molar-refractivity contribution in [3.05, 3.63) is 45.4 Å². The van der Waals surface area contributed by atoms with E-state index < -0.39 is 5.97 Å². The lowest BCUT2D eigenvalue weighted by Crippen LogP contribution is -2.11. The second kappa shape index (κ2) is 5.16. The zero-order valence-electron chi connectivity index (χ0n) is 8.88. The van der Waals surface area contributed by atoms with Crippen LogP contribution in [0.4, 0.5) is 5.69 Å². The molecule has 0 atom stereocenters. The van der Waals surface area contributed by atoms with Gasteiger partial charge in [-0.1, -0.05) is 11.6 Å². The molecule has 0 saturated carbocycles. The van der Waals surface area contributed by atoms with Gasteiger partial charge in [0.15, 0.2) is 0 Å². The van der Waals surface area contributed by atoms with E-state index in [0.29, 0.717) is 10.6 Å². The third-order valence-electron chi connectivity index (χ3n) is 2.11. The van der Waals surface area contributed by atoms with Crippen LogP contribution < -0.4 is 5.32 Å². The van der Waals surface area contributed by atoms with Gasteiger partial charge in [0, 0.05) is 5.69 Å². The van der Waals surface area contributed by atoms with Crippen molar-refractivity contribution in [1.29, 1.82) is 0 Å². The lowest BCUT2D eigenvalue weighted by Gasteiger charge is -2.05. The van der Waals surface area contributed by atoms with Crippen LogP contribution >= 0.6 is 22.9 Å². The lowest BCUT2D eigenvalue weighted by atomic mass is 10.2. The summed E-state index contributed by atoms with van der Waals surface area (Å²) in [5.41, 5.74) is 1.85. The SMILES string of the molecule is O=C(Nc1ccc(Cl)c(C(=O)O)c1)c1cncs1. The standard InChI is InChI=1S/C11H7ClN2O3S/c12-8-2-1-6(3-7(8)11(16)17)14-10(15)9-4-13-5-18-9/h1-5H,(H,14,15)(H,16,17). The van der Waals surface area contributed by atoms with Gasteiger partial charge in [-0.15, -0.1) is 11.3 Å². The Morgan fingerprint density at radius 1 is 1.39 bits per heavy atom. The van der Waals surface area contributed by atoms with Gasteiger partial charge >= 0.3 is 5.97 Å². The van der Waals surface area contributed by atoms with E-state index in [0.717, 1.165) is 0 Å². The van der Waals surface area contributed by atoms with Gasteiger partial charge in [-0.25, -0.2) is 4.79 Å². The molecule has 0 unspecified atom stereocenters. The van der Waals surface area contributed by atoms with Crippen molar-refractivity contribution in [3.8, 4) is 0 Å². The van der Waals surface area contributed by atoms with Crippen LogP contribution in [-0.4, -0.2) is 22.0 Å². The Kier molecular flexibility index (Phi) is 3.59. The Morgan fingerprint density at radius 2 is 2.17 bits per heavy atom. The number of carbonyl (C=O) groups excluding carboxylic acids is 1. The summed E-state index contributed by atoms with van der Waals surface area (Å²) in [5.74, 6) is -1.48. The second-order valence-corrected chi connectivity index (χ2v) is 4.61. The van der Waals surface area contributed by atoms with E-state index >= 15 is 0 Å². The van der Waals surface area contributed by atoms with Gasteiger partial charge in [0.2, 0.25) is 0 Å². The molecule has 0 aliphatic rings. The van der Waals surface area contributed by atoms with Crippen molar-refractivity contribution in [3.63, 3.8) is 0 Å². The summed E-state index contributed by atoms with van der Waals surface area (Å²) in [6.45, 7) is 0. The van der Waals surface area contributed by atoms with Crippen LogP contribution in [0.1, 0.15) is 20.0 Å². The van der Waals surface area contributed by atoms with Gasteiger partial charge in [-0.3, -0.25) is 9.78 Å². The van der Waals surface area contributed by atoms with Crippen molar-refractivity contribution < 1.29 is 14.7 Å². The lowest BCUT2D eigenvalue weighted by molar-refractivity contribution is 0.0696. The summed E-state index contributed by atoms with van der Waals surface area (Å²) in [7, 11) is 0. The molecule has 1 aromatic carbocycles. The van der Waals surface area contributed by atoms with Crippen LogP contribution in [0.5, 0.6) is 0 Å². The van der Waals surface area contributed by atoms with E-state index in [2.05, 4.69) is 10.3 Å². The number of rotatable bonds is 3. The number of amides is 1. The molecule has 5 nitrogen and oxygen atoms in total. The second-order valence-electron chi connectivity index (χ2n) is 3.32. The van der Waals surface area contributed by atoms with Crippen molar-refractivity contribution in [2.24, 2.45) is 0 Å². The Balaban J connectivity index is 2.22. The van der Waals surface area contributed by atoms with Gasteiger partial charge in [0.1, 0.15) is 4.88 Å². The van der Waals surface area contributed by atoms with E-state index in [-0.39, 0.29) is 16.5 Å². The summed E-state index contributed by atoms with van der Waals surface area (Å²) in [6.07, 6.45) is 1.44. The van der Waals surface area contributed by atoms with Crippen molar-refractivity contribution >= 4 is 40.5 Å². The first-order valence-corrected chi connectivity index (χ1v) is 6.06. The molecule has 2 rings (SSSR count). The maximum atomic E-state index is 11.7. The molecule has 0 saturated heterocycles. The predicted octanol–water partition coefficient (Wildman–Crippen LogP) is 2.75. The molecular formula is C11H7ClN2O3S. The fraction of sp³-hybridized carbons (Fsp3) is 0. The largest absolute Gasteiger partial charge is 0.478 e. The molecule has 7 heteroatoms. The number of halogens is 1. The maximum absolute atomic E-state index is 11.7. The molecule has 0 aliphatic heterocycles. The normalized spacial score (nSPS) is 10.1. The Labute approximate surface area is 111 Å². The van der Waals surface area contributed by atoms with Crippen LogP contribution in [0.3, 0.4) is 0 Å². The molecule has 18 heavy (non-hydrogen) atoms. The van der Waals surface area contributed by atoms with Gasteiger partial charge in [-0.2, -0.15) is 0 Å². The first-order valence-electron chi connectivity index (χ1n) is 4.80. The highest BCUT2D eigenvalue weighted by Crippen LogP contribution is 2.21. The Bertz CT molecular complexity index is 598. The van der Waals surface area contributed by atoms with Gasteiger partial charge < -0.3 is 10.4 Å². The molecule has 2 aromatic rings. The van der Waals surface area contributed by atoms with Crippen molar-refractivity contribution in [2.75, 3.05) is 5.32 Å². The zero-order chi connectivity index (χ0) is 13.1. The smallest absolute Gasteiger partial charge is 0.337 e. The van der Waals surface area contributed by atoms with E-state index in [4.69, 9.17) is 16.7 Å². The number of benzene rings is 1. The topological polar surface area (TPSA) is 79.3 Å². The molecule has 1 heterocycles. The fourth-order valence-corrected chi connectivity index (χ4v) is 2.00. The predicted molar refractivity (Wildman–Crippen MR) is 68.5 cm³/mol. The molecule has 0 bridgehead atoms. The number of aromatic nitrogens is 1. The molecule has 1 aromatic heterocycles. The number of carboxylic acids is 1. The first kappa shape index (κ1) is 12.5. The number of hydrogen-bond donors (Lipinski definition) is 2. The monoisotopic (exact) mass is 282 g/mol. The summed E-state index contributed by atoms with van der Waals surface area (Å²) in [6, 6.07) is 4.27. The third kappa shape index (κ3) is 2.66. The number of anilines is 1.